The van der Waals surface area contributed by atoms with E-state index < -0.39 is 0 Å². The van der Waals surface area contributed by atoms with Gasteiger partial charge in [0, 0.05) is 16.3 Å². The number of hydrogen-bond acceptors (Lipinski definition) is 1. The summed E-state index contributed by atoms with van der Waals surface area (Å²) in [5.41, 5.74) is 3.64. The molecule has 4 heteroatoms. The van der Waals surface area contributed by atoms with Crippen molar-refractivity contribution in [2.75, 3.05) is 0 Å². The number of nitrogens with zero attached hydrogens (tertiary/aromatic N) is 1. The second-order valence-electron chi connectivity index (χ2n) is 3.85. The van der Waals surface area contributed by atoms with Crippen LogP contribution in [0, 0.1) is 13.8 Å². The minimum atomic E-state index is 0.439. The summed E-state index contributed by atoms with van der Waals surface area (Å²) in [6.07, 6.45) is 0. The van der Waals surface area contributed by atoms with Gasteiger partial charge in [-0.15, -0.1) is 0 Å². The quantitative estimate of drug-likeness (QED) is 0.646. The van der Waals surface area contributed by atoms with Gasteiger partial charge in [-0.3, -0.25) is 4.98 Å². The molecular weight excluding hydrogens is 277 g/mol. The van der Waals surface area contributed by atoms with Crippen LogP contribution >= 0.6 is 34.8 Å². The molecule has 88 valence electrons. The fourth-order valence-corrected chi connectivity index (χ4v) is 2.22. The molecule has 0 aliphatic rings. The highest BCUT2D eigenvalue weighted by Gasteiger charge is 2.10. The molecule has 0 N–H and O–H groups in total. The molecule has 0 unspecified atom stereocenters. The lowest BCUT2D eigenvalue weighted by molar-refractivity contribution is 1.15. The summed E-state index contributed by atoms with van der Waals surface area (Å²) in [5, 5.41) is 1.47. The van der Waals surface area contributed by atoms with E-state index in [4.69, 9.17) is 34.8 Å². The Morgan fingerprint density at radius 3 is 2.35 bits per heavy atom. The number of hydrogen-bond donors (Lipinski definition) is 0. The van der Waals surface area contributed by atoms with Crippen molar-refractivity contribution in [3.63, 3.8) is 0 Å². The summed E-state index contributed by atoms with van der Waals surface area (Å²) >= 11 is 18.1. The molecule has 0 aliphatic heterocycles. The third-order valence-electron chi connectivity index (χ3n) is 2.62. The molecule has 0 saturated heterocycles. The Bertz CT molecular complexity index is 579. The van der Waals surface area contributed by atoms with Crippen LogP contribution < -0.4 is 0 Å². The minimum absolute atomic E-state index is 0.439. The van der Waals surface area contributed by atoms with Crippen LogP contribution in [0.2, 0.25) is 15.1 Å². The van der Waals surface area contributed by atoms with Crippen molar-refractivity contribution in [1.82, 2.24) is 4.98 Å². The molecule has 0 spiro atoms. The summed E-state index contributed by atoms with van der Waals surface area (Å²) in [4.78, 5) is 4.48. The fourth-order valence-electron chi connectivity index (χ4n) is 1.52. The normalized spacial score (nSPS) is 10.6. The monoisotopic (exact) mass is 285 g/mol. The Labute approximate surface area is 115 Å². The maximum Gasteiger partial charge on any atom is 0.0721 e. The van der Waals surface area contributed by atoms with Gasteiger partial charge in [0.05, 0.1) is 15.7 Å². The van der Waals surface area contributed by atoms with Gasteiger partial charge in [0.2, 0.25) is 0 Å². The van der Waals surface area contributed by atoms with Crippen LogP contribution in [0.4, 0.5) is 0 Å². The number of halogens is 3. The molecule has 1 aromatic carbocycles. The number of benzene rings is 1. The smallest absolute Gasteiger partial charge is 0.0721 e. The molecule has 2 rings (SSSR count). The molecule has 1 nitrogen and oxygen atoms in total. The molecule has 1 aromatic heterocycles. The lowest BCUT2D eigenvalue weighted by atomic mass is 10.1. The molecule has 2 aromatic rings. The van der Waals surface area contributed by atoms with Crippen LogP contribution in [0.1, 0.15) is 11.3 Å². The van der Waals surface area contributed by atoms with Crippen molar-refractivity contribution in [2.45, 2.75) is 13.8 Å². The molecule has 0 atom stereocenters. The van der Waals surface area contributed by atoms with Crippen molar-refractivity contribution in [1.29, 1.82) is 0 Å². The Kier molecular flexibility index (Phi) is 3.62. The lowest BCUT2D eigenvalue weighted by Crippen LogP contribution is -1.91. The highest BCUT2D eigenvalue weighted by molar-refractivity contribution is 6.45. The zero-order chi connectivity index (χ0) is 12.6. The topological polar surface area (TPSA) is 12.9 Å². The summed E-state index contributed by atoms with van der Waals surface area (Å²) in [7, 11) is 0. The van der Waals surface area contributed by atoms with Gasteiger partial charge in [0.25, 0.3) is 0 Å². The number of aryl methyl sites for hydroxylation is 2. The van der Waals surface area contributed by atoms with E-state index in [9.17, 15) is 0 Å². The highest BCUT2D eigenvalue weighted by Crippen LogP contribution is 2.35. The summed E-state index contributed by atoms with van der Waals surface area (Å²) in [5.74, 6) is 0. The van der Waals surface area contributed by atoms with Crippen LogP contribution in [-0.4, -0.2) is 4.98 Å². The maximum atomic E-state index is 6.16. The Hall–Kier alpha value is -0.760. The molecular formula is C13H10Cl3N. The van der Waals surface area contributed by atoms with Gasteiger partial charge < -0.3 is 0 Å². The summed E-state index contributed by atoms with van der Waals surface area (Å²) < 4.78 is 0. The molecule has 17 heavy (non-hydrogen) atoms. The van der Waals surface area contributed by atoms with Crippen molar-refractivity contribution in [3.8, 4) is 11.3 Å². The van der Waals surface area contributed by atoms with Gasteiger partial charge in [-0.05, 0) is 37.6 Å². The van der Waals surface area contributed by atoms with Gasteiger partial charge in [-0.1, -0.05) is 40.9 Å². The van der Waals surface area contributed by atoms with Crippen molar-refractivity contribution >= 4 is 34.8 Å². The predicted molar refractivity (Wildman–Crippen MR) is 74.2 cm³/mol. The third kappa shape index (κ3) is 2.57. The highest BCUT2D eigenvalue weighted by atomic mass is 35.5. The van der Waals surface area contributed by atoms with Crippen molar-refractivity contribution < 1.29 is 0 Å². The average Bonchev–Trinajstić information content (AvgIpc) is 2.27. The van der Waals surface area contributed by atoms with Crippen molar-refractivity contribution in [3.05, 3.63) is 50.6 Å². The van der Waals surface area contributed by atoms with E-state index in [-0.39, 0.29) is 0 Å². The zero-order valence-corrected chi connectivity index (χ0v) is 11.7. The molecule has 0 bridgehead atoms. The second-order valence-corrected chi connectivity index (χ2v) is 5.07. The Morgan fingerprint density at radius 1 is 1.00 bits per heavy atom. The molecule has 0 amide bonds. The molecule has 0 fully saturated rings. The SMILES string of the molecule is Cc1ccc(-c2cc(Cl)cc(Cl)c2Cl)nc1C. The van der Waals surface area contributed by atoms with Gasteiger partial charge in [0.1, 0.15) is 0 Å². The first-order chi connectivity index (χ1) is 7.99. The number of rotatable bonds is 1. The van der Waals surface area contributed by atoms with Crippen LogP contribution in [0.25, 0.3) is 11.3 Å². The largest absolute Gasteiger partial charge is 0.253 e. The van der Waals surface area contributed by atoms with Crippen molar-refractivity contribution in [2.24, 2.45) is 0 Å². The van der Waals surface area contributed by atoms with E-state index in [2.05, 4.69) is 4.98 Å². The average molecular weight is 287 g/mol. The lowest BCUT2D eigenvalue weighted by Gasteiger charge is -2.08. The summed E-state index contributed by atoms with van der Waals surface area (Å²) in [6, 6.07) is 7.31. The molecule has 1 heterocycles. The van der Waals surface area contributed by atoms with Crippen LogP contribution in [0.3, 0.4) is 0 Å². The van der Waals surface area contributed by atoms with E-state index >= 15 is 0 Å². The van der Waals surface area contributed by atoms with Gasteiger partial charge in [-0.25, -0.2) is 0 Å². The van der Waals surface area contributed by atoms with E-state index in [1.54, 1.807) is 12.1 Å². The minimum Gasteiger partial charge on any atom is -0.253 e. The van der Waals surface area contributed by atoms with E-state index in [0.717, 1.165) is 22.5 Å². The number of aromatic nitrogens is 1. The van der Waals surface area contributed by atoms with E-state index in [0.29, 0.717) is 15.1 Å². The Balaban J connectivity index is 2.64. The van der Waals surface area contributed by atoms with Crippen LogP contribution in [0.5, 0.6) is 0 Å². The Morgan fingerprint density at radius 2 is 1.71 bits per heavy atom. The van der Waals surface area contributed by atoms with Gasteiger partial charge in [0.15, 0.2) is 0 Å². The van der Waals surface area contributed by atoms with E-state index in [1.165, 1.54) is 0 Å². The molecule has 0 radical (unpaired) electrons. The first kappa shape index (κ1) is 12.7. The first-order valence-electron chi connectivity index (χ1n) is 5.08. The van der Waals surface area contributed by atoms with E-state index in [1.807, 2.05) is 26.0 Å². The summed E-state index contributed by atoms with van der Waals surface area (Å²) in [6.45, 7) is 3.97. The first-order valence-corrected chi connectivity index (χ1v) is 6.21. The zero-order valence-electron chi connectivity index (χ0n) is 9.39. The van der Waals surface area contributed by atoms with Crippen LogP contribution in [0.15, 0.2) is 24.3 Å². The molecule has 0 saturated carbocycles. The standard InChI is InChI=1S/C13H10Cl3N/c1-7-3-4-12(17-8(7)2)10-5-9(14)6-11(15)13(10)16/h3-6H,1-2H3. The molecule has 0 aliphatic carbocycles. The second kappa shape index (κ2) is 4.85. The maximum absolute atomic E-state index is 6.16. The third-order valence-corrected chi connectivity index (χ3v) is 3.64. The predicted octanol–water partition coefficient (Wildman–Crippen LogP) is 5.33. The number of pyridine rings is 1. The van der Waals surface area contributed by atoms with Gasteiger partial charge in [-0.2, -0.15) is 0 Å². The fraction of sp³-hybridized carbons (Fsp3) is 0.154. The van der Waals surface area contributed by atoms with Gasteiger partial charge >= 0.3 is 0 Å². The van der Waals surface area contributed by atoms with Crippen LogP contribution in [-0.2, 0) is 0 Å².